The van der Waals surface area contributed by atoms with E-state index in [2.05, 4.69) is 20.4 Å². The van der Waals surface area contributed by atoms with Crippen molar-refractivity contribution in [1.82, 2.24) is 29.8 Å². The van der Waals surface area contributed by atoms with Crippen molar-refractivity contribution in [1.29, 1.82) is 0 Å². The highest BCUT2D eigenvalue weighted by molar-refractivity contribution is 5.60. The molecule has 0 spiro atoms. The SMILES string of the molecule is C[C@@H](n1cc(-c2ccc(N)cc2)nn1)[C@](O)(Cn1cncn1)c1ccc(F)cc1F. The minimum absolute atomic E-state index is 0.0866. The Kier molecular flexibility index (Phi) is 5.00. The maximum atomic E-state index is 14.7. The topological polar surface area (TPSA) is 108 Å². The van der Waals surface area contributed by atoms with Crippen LogP contribution in [0.1, 0.15) is 18.5 Å². The molecular formula is C20H19F2N7O. The molecule has 2 atom stereocenters. The van der Waals surface area contributed by atoms with Gasteiger partial charge >= 0.3 is 0 Å². The zero-order valence-electron chi connectivity index (χ0n) is 16.0. The maximum Gasteiger partial charge on any atom is 0.137 e. The average molecular weight is 411 g/mol. The zero-order valence-corrected chi connectivity index (χ0v) is 16.0. The van der Waals surface area contributed by atoms with Gasteiger partial charge in [0.2, 0.25) is 0 Å². The van der Waals surface area contributed by atoms with Crippen molar-refractivity contribution in [3.05, 3.63) is 78.5 Å². The van der Waals surface area contributed by atoms with Gasteiger partial charge in [-0.1, -0.05) is 23.4 Å². The van der Waals surface area contributed by atoms with E-state index in [0.717, 1.165) is 17.7 Å². The first-order valence-electron chi connectivity index (χ1n) is 9.15. The lowest BCUT2D eigenvalue weighted by Gasteiger charge is -2.34. The predicted molar refractivity (Wildman–Crippen MR) is 105 cm³/mol. The van der Waals surface area contributed by atoms with Crippen LogP contribution < -0.4 is 5.73 Å². The lowest BCUT2D eigenvalue weighted by Crippen LogP contribution is -2.41. The largest absolute Gasteiger partial charge is 0.399 e. The Morgan fingerprint density at radius 3 is 2.60 bits per heavy atom. The molecule has 2 heterocycles. The summed E-state index contributed by atoms with van der Waals surface area (Å²) in [7, 11) is 0. The van der Waals surface area contributed by atoms with E-state index < -0.39 is 23.3 Å². The standard InChI is InChI=1S/C20H19F2N7O/c1-13(29-9-19(26-27-29)14-2-5-16(23)6-3-14)20(30,10-28-12-24-11-25-28)17-7-4-15(21)8-18(17)22/h2-9,11-13,30H,10,23H2,1H3/t13-,20-/m1/s1. The Morgan fingerprint density at radius 2 is 1.93 bits per heavy atom. The van der Waals surface area contributed by atoms with Gasteiger partial charge in [-0.15, -0.1) is 5.10 Å². The van der Waals surface area contributed by atoms with E-state index in [1.54, 1.807) is 37.4 Å². The monoisotopic (exact) mass is 411 g/mol. The summed E-state index contributed by atoms with van der Waals surface area (Å²) in [5.41, 5.74) is 5.78. The summed E-state index contributed by atoms with van der Waals surface area (Å²) < 4.78 is 30.9. The fourth-order valence-electron chi connectivity index (χ4n) is 3.32. The number of aliphatic hydroxyl groups is 1. The normalized spacial score (nSPS) is 14.4. The van der Waals surface area contributed by atoms with E-state index in [1.807, 2.05) is 0 Å². The summed E-state index contributed by atoms with van der Waals surface area (Å²) in [6.45, 7) is 1.54. The van der Waals surface area contributed by atoms with Crippen molar-refractivity contribution >= 4 is 5.69 Å². The molecule has 0 bridgehead atoms. The van der Waals surface area contributed by atoms with Crippen molar-refractivity contribution in [3.8, 4) is 11.3 Å². The van der Waals surface area contributed by atoms with Crippen molar-refractivity contribution < 1.29 is 13.9 Å². The van der Waals surface area contributed by atoms with Gasteiger partial charge in [-0.2, -0.15) is 5.10 Å². The molecule has 4 aromatic rings. The van der Waals surface area contributed by atoms with Crippen molar-refractivity contribution in [2.45, 2.75) is 25.1 Å². The fourth-order valence-corrected chi connectivity index (χ4v) is 3.32. The quantitative estimate of drug-likeness (QED) is 0.472. The third-order valence-electron chi connectivity index (χ3n) is 5.07. The van der Waals surface area contributed by atoms with Crippen LogP contribution in [0.4, 0.5) is 14.5 Å². The molecule has 0 amide bonds. The van der Waals surface area contributed by atoms with E-state index in [1.165, 1.54) is 28.1 Å². The Hall–Kier alpha value is -3.66. The molecule has 0 radical (unpaired) electrons. The number of nitrogen functional groups attached to an aromatic ring is 1. The van der Waals surface area contributed by atoms with Crippen LogP contribution in [0, 0.1) is 11.6 Å². The first kappa shape index (κ1) is 19.6. The zero-order chi connectivity index (χ0) is 21.3. The van der Waals surface area contributed by atoms with Gasteiger partial charge in [0.1, 0.15) is 35.6 Å². The van der Waals surface area contributed by atoms with Crippen molar-refractivity contribution in [2.24, 2.45) is 0 Å². The summed E-state index contributed by atoms with van der Waals surface area (Å²) in [6, 6.07) is 9.35. The second-order valence-corrected chi connectivity index (χ2v) is 7.02. The van der Waals surface area contributed by atoms with E-state index >= 15 is 0 Å². The first-order valence-corrected chi connectivity index (χ1v) is 9.15. The van der Waals surface area contributed by atoms with Crippen LogP contribution in [0.5, 0.6) is 0 Å². The summed E-state index contributed by atoms with van der Waals surface area (Å²) >= 11 is 0. The number of aromatic nitrogens is 6. The van der Waals surface area contributed by atoms with Crippen molar-refractivity contribution in [2.75, 3.05) is 5.73 Å². The number of hydrogen-bond donors (Lipinski definition) is 2. The molecule has 3 N–H and O–H groups in total. The highest BCUT2D eigenvalue weighted by Crippen LogP contribution is 2.36. The van der Waals surface area contributed by atoms with Crippen LogP contribution in [-0.2, 0) is 12.1 Å². The van der Waals surface area contributed by atoms with Crippen LogP contribution in [0.25, 0.3) is 11.3 Å². The van der Waals surface area contributed by atoms with Crippen LogP contribution in [0.2, 0.25) is 0 Å². The Morgan fingerprint density at radius 1 is 1.17 bits per heavy atom. The number of rotatable bonds is 6. The number of nitrogens with two attached hydrogens (primary N) is 1. The van der Waals surface area contributed by atoms with Crippen LogP contribution in [-0.4, -0.2) is 34.9 Å². The molecule has 8 nitrogen and oxygen atoms in total. The van der Waals surface area contributed by atoms with Gasteiger partial charge in [0.05, 0.1) is 18.8 Å². The minimum Gasteiger partial charge on any atom is -0.399 e. The van der Waals surface area contributed by atoms with E-state index in [-0.39, 0.29) is 12.1 Å². The predicted octanol–water partition coefficient (Wildman–Crippen LogP) is 2.55. The van der Waals surface area contributed by atoms with Gasteiger partial charge in [-0.05, 0) is 25.1 Å². The molecule has 154 valence electrons. The highest BCUT2D eigenvalue weighted by atomic mass is 19.1. The molecule has 0 aliphatic heterocycles. The molecule has 2 aromatic carbocycles. The first-order chi connectivity index (χ1) is 14.4. The molecule has 10 heteroatoms. The number of nitrogens with zero attached hydrogens (tertiary/aromatic N) is 6. The number of halogens is 2. The third kappa shape index (κ3) is 3.64. The van der Waals surface area contributed by atoms with Crippen LogP contribution in [0.15, 0.2) is 61.3 Å². The molecule has 0 aliphatic carbocycles. The molecule has 30 heavy (non-hydrogen) atoms. The van der Waals surface area contributed by atoms with E-state index in [4.69, 9.17) is 5.73 Å². The summed E-state index contributed by atoms with van der Waals surface area (Å²) in [5, 5.41) is 23.9. The maximum absolute atomic E-state index is 14.7. The molecular weight excluding hydrogens is 392 g/mol. The lowest BCUT2D eigenvalue weighted by atomic mass is 9.86. The van der Waals surface area contributed by atoms with Gasteiger partial charge < -0.3 is 10.8 Å². The molecule has 2 aromatic heterocycles. The molecule has 0 saturated heterocycles. The lowest BCUT2D eigenvalue weighted by molar-refractivity contribution is -0.0374. The summed E-state index contributed by atoms with van der Waals surface area (Å²) in [4.78, 5) is 3.86. The smallest absolute Gasteiger partial charge is 0.137 e. The molecule has 0 saturated carbocycles. The van der Waals surface area contributed by atoms with Crippen LogP contribution in [0.3, 0.4) is 0 Å². The second kappa shape index (κ2) is 7.64. The van der Waals surface area contributed by atoms with Crippen LogP contribution >= 0.6 is 0 Å². The van der Waals surface area contributed by atoms with E-state index in [0.29, 0.717) is 11.4 Å². The van der Waals surface area contributed by atoms with Crippen molar-refractivity contribution in [3.63, 3.8) is 0 Å². The van der Waals surface area contributed by atoms with Gasteiger partial charge in [-0.25, -0.2) is 23.1 Å². The Balaban J connectivity index is 1.74. The van der Waals surface area contributed by atoms with E-state index in [9.17, 15) is 13.9 Å². The molecule has 0 fully saturated rings. The molecule has 4 rings (SSSR count). The number of anilines is 1. The highest BCUT2D eigenvalue weighted by Gasteiger charge is 2.41. The van der Waals surface area contributed by atoms with Gasteiger partial charge in [-0.3, -0.25) is 0 Å². The summed E-state index contributed by atoms with van der Waals surface area (Å²) in [5.74, 6) is -1.61. The van der Waals surface area contributed by atoms with Gasteiger partial charge in [0.15, 0.2) is 0 Å². The molecule has 0 aliphatic rings. The van der Waals surface area contributed by atoms with Gasteiger partial charge in [0, 0.05) is 22.9 Å². The number of benzene rings is 2. The molecule has 0 unspecified atom stereocenters. The minimum atomic E-state index is -1.82. The summed E-state index contributed by atoms with van der Waals surface area (Å²) in [6.07, 6.45) is 4.35. The Bertz CT molecular complexity index is 1140. The van der Waals surface area contributed by atoms with Gasteiger partial charge in [0.25, 0.3) is 0 Å². The Labute approximate surface area is 170 Å². The average Bonchev–Trinajstić information content (AvgIpc) is 3.40. The fraction of sp³-hybridized carbons (Fsp3) is 0.200. The number of hydrogen-bond acceptors (Lipinski definition) is 6. The third-order valence-corrected chi connectivity index (χ3v) is 5.07. The second-order valence-electron chi connectivity index (χ2n) is 7.02.